The first-order chi connectivity index (χ1) is 10.1. The fourth-order valence-electron chi connectivity index (χ4n) is 2.27. The molecule has 0 bridgehead atoms. The Morgan fingerprint density at radius 2 is 1.86 bits per heavy atom. The summed E-state index contributed by atoms with van der Waals surface area (Å²) in [6.45, 7) is 4.10. The third kappa shape index (κ3) is 3.36. The van der Waals surface area contributed by atoms with Gasteiger partial charge in [-0.25, -0.2) is 9.97 Å². The van der Waals surface area contributed by atoms with Crippen molar-refractivity contribution in [1.29, 1.82) is 0 Å². The third-order valence-corrected chi connectivity index (χ3v) is 4.49. The van der Waals surface area contributed by atoms with Gasteiger partial charge in [-0.2, -0.15) is 0 Å². The molecule has 0 fully saturated rings. The summed E-state index contributed by atoms with van der Waals surface area (Å²) in [5, 5.41) is 2.72. The molecule has 1 aromatic carbocycles. The number of fused-ring (bicyclic) bond motifs is 1. The minimum Gasteiger partial charge on any atom is -0.247 e. The molecule has 2 aromatic heterocycles. The zero-order valence-corrected chi connectivity index (χ0v) is 13.5. The fourth-order valence-corrected chi connectivity index (χ4v) is 3.56. The predicted octanol–water partition coefficient (Wildman–Crippen LogP) is 5.19. The highest BCUT2D eigenvalue weighted by Gasteiger charge is 2.06. The van der Waals surface area contributed by atoms with Gasteiger partial charge in [-0.3, -0.25) is 0 Å². The van der Waals surface area contributed by atoms with Crippen molar-refractivity contribution in [3.63, 3.8) is 0 Å². The van der Waals surface area contributed by atoms with Crippen molar-refractivity contribution in [2.45, 2.75) is 24.6 Å². The molecule has 0 aliphatic heterocycles. The van der Waals surface area contributed by atoms with Gasteiger partial charge in [-0.15, -0.1) is 11.8 Å². The molecule has 0 saturated heterocycles. The SMILES string of the molecule is Cc1cc(C)nc(SCc2cc3ccccc3nc2Cl)c1. The second-order valence-electron chi connectivity index (χ2n) is 5.04. The Balaban J connectivity index is 1.86. The molecule has 21 heavy (non-hydrogen) atoms. The number of aromatic nitrogens is 2. The average molecular weight is 315 g/mol. The summed E-state index contributed by atoms with van der Waals surface area (Å²) in [5.74, 6) is 0.770. The molecule has 0 saturated carbocycles. The van der Waals surface area contributed by atoms with E-state index in [0.29, 0.717) is 5.15 Å². The number of thioether (sulfide) groups is 1. The highest BCUT2D eigenvalue weighted by molar-refractivity contribution is 7.98. The summed E-state index contributed by atoms with van der Waals surface area (Å²) < 4.78 is 0. The second-order valence-corrected chi connectivity index (χ2v) is 6.40. The van der Waals surface area contributed by atoms with E-state index >= 15 is 0 Å². The second kappa shape index (κ2) is 6.04. The molecule has 106 valence electrons. The molecule has 0 aliphatic rings. The molecule has 0 amide bonds. The molecule has 0 spiro atoms. The van der Waals surface area contributed by atoms with E-state index in [-0.39, 0.29) is 0 Å². The zero-order chi connectivity index (χ0) is 14.8. The van der Waals surface area contributed by atoms with Crippen molar-refractivity contribution in [2.75, 3.05) is 0 Å². The molecule has 0 aliphatic carbocycles. The highest BCUT2D eigenvalue weighted by atomic mass is 35.5. The van der Waals surface area contributed by atoms with Crippen LogP contribution in [0.2, 0.25) is 5.15 Å². The first-order valence-corrected chi connectivity index (χ1v) is 8.10. The monoisotopic (exact) mass is 314 g/mol. The number of rotatable bonds is 3. The van der Waals surface area contributed by atoms with Gasteiger partial charge in [-0.05, 0) is 43.7 Å². The quantitative estimate of drug-likeness (QED) is 0.491. The number of para-hydroxylation sites is 1. The minimum atomic E-state index is 0.575. The van der Waals surface area contributed by atoms with Gasteiger partial charge in [0.15, 0.2) is 0 Å². The van der Waals surface area contributed by atoms with Gasteiger partial charge in [0, 0.05) is 22.4 Å². The van der Waals surface area contributed by atoms with Crippen LogP contribution in [0.25, 0.3) is 10.9 Å². The van der Waals surface area contributed by atoms with E-state index < -0.39 is 0 Å². The van der Waals surface area contributed by atoms with Crippen LogP contribution in [-0.4, -0.2) is 9.97 Å². The molecular weight excluding hydrogens is 300 g/mol. The van der Waals surface area contributed by atoms with Gasteiger partial charge < -0.3 is 0 Å². The van der Waals surface area contributed by atoms with E-state index in [2.05, 4.69) is 41.2 Å². The van der Waals surface area contributed by atoms with Crippen molar-refractivity contribution < 1.29 is 0 Å². The number of pyridine rings is 2. The van der Waals surface area contributed by atoms with E-state index in [0.717, 1.165) is 32.9 Å². The fraction of sp³-hybridized carbons (Fsp3) is 0.176. The summed E-state index contributed by atoms with van der Waals surface area (Å²) in [6, 6.07) is 14.3. The topological polar surface area (TPSA) is 25.8 Å². The van der Waals surface area contributed by atoms with Crippen LogP contribution in [0.3, 0.4) is 0 Å². The summed E-state index contributed by atoms with van der Waals surface area (Å²) in [7, 11) is 0. The Morgan fingerprint density at radius 3 is 2.67 bits per heavy atom. The van der Waals surface area contributed by atoms with Gasteiger partial charge in [0.05, 0.1) is 10.5 Å². The predicted molar refractivity (Wildman–Crippen MR) is 90.0 cm³/mol. The lowest BCUT2D eigenvalue weighted by Crippen LogP contribution is -1.91. The number of hydrogen-bond donors (Lipinski definition) is 0. The summed E-state index contributed by atoms with van der Waals surface area (Å²) >= 11 is 7.98. The molecule has 0 atom stereocenters. The highest BCUT2D eigenvalue weighted by Crippen LogP contribution is 2.27. The first-order valence-electron chi connectivity index (χ1n) is 6.74. The maximum atomic E-state index is 6.29. The van der Waals surface area contributed by atoms with Crippen molar-refractivity contribution in [3.05, 3.63) is 64.4 Å². The van der Waals surface area contributed by atoms with Crippen molar-refractivity contribution in [1.82, 2.24) is 9.97 Å². The van der Waals surface area contributed by atoms with Gasteiger partial charge in [0.25, 0.3) is 0 Å². The number of halogens is 1. The van der Waals surface area contributed by atoms with Gasteiger partial charge in [0.2, 0.25) is 0 Å². The van der Waals surface area contributed by atoms with Gasteiger partial charge >= 0.3 is 0 Å². The van der Waals surface area contributed by atoms with Crippen LogP contribution >= 0.6 is 23.4 Å². The molecule has 4 heteroatoms. The average Bonchev–Trinajstić information content (AvgIpc) is 2.44. The lowest BCUT2D eigenvalue weighted by atomic mass is 10.2. The van der Waals surface area contributed by atoms with Gasteiger partial charge in [0.1, 0.15) is 5.15 Å². The van der Waals surface area contributed by atoms with Crippen LogP contribution < -0.4 is 0 Å². The Kier molecular flexibility index (Phi) is 4.13. The van der Waals surface area contributed by atoms with Crippen LogP contribution in [0, 0.1) is 13.8 Å². The van der Waals surface area contributed by atoms with E-state index in [4.69, 9.17) is 11.6 Å². The lowest BCUT2D eigenvalue weighted by molar-refractivity contribution is 1.05. The van der Waals surface area contributed by atoms with Crippen molar-refractivity contribution in [2.24, 2.45) is 0 Å². The molecule has 0 unspecified atom stereocenters. The molecule has 2 heterocycles. The maximum absolute atomic E-state index is 6.29. The standard InChI is InChI=1S/C17H15ClN2S/c1-11-7-12(2)19-16(8-11)21-10-14-9-13-5-3-4-6-15(13)20-17(14)18/h3-9H,10H2,1-2H3. The van der Waals surface area contributed by atoms with Crippen molar-refractivity contribution in [3.8, 4) is 0 Å². The first kappa shape index (κ1) is 14.4. The Bertz CT molecular complexity index is 782. The van der Waals surface area contributed by atoms with Crippen LogP contribution in [-0.2, 0) is 5.75 Å². The van der Waals surface area contributed by atoms with E-state index in [1.54, 1.807) is 11.8 Å². The molecule has 0 N–H and O–H groups in total. The Labute approximate surface area is 133 Å². The minimum absolute atomic E-state index is 0.575. The van der Waals surface area contributed by atoms with Crippen molar-refractivity contribution >= 4 is 34.3 Å². The van der Waals surface area contributed by atoms with Crippen LogP contribution in [0.5, 0.6) is 0 Å². The smallest absolute Gasteiger partial charge is 0.133 e. The Hall–Kier alpha value is -1.58. The molecule has 2 nitrogen and oxygen atoms in total. The summed E-state index contributed by atoms with van der Waals surface area (Å²) in [6.07, 6.45) is 0. The van der Waals surface area contributed by atoms with E-state index in [1.165, 1.54) is 5.56 Å². The number of nitrogens with zero attached hydrogens (tertiary/aromatic N) is 2. The molecule has 3 aromatic rings. The largest absolute Gasteiger partial charge is 0.247 e. The number of aryl methyl sites for hydroxylation is 2. The number of benzene rings is 1. The maximum Gasteiger partial charge on any atom is 0.133 e. The summed E-state index contributed by atoms with van der Waals surface area (Å²) in [5.41, 5.74) is 4.25. The molecule has 0 radical (unpaired) electrons. The normalized spacial score (nSPS) is 11.0. The lowest BCUT2D eigenvalue weighted by Gasteiger charge is -2.07. The van der Waals surface area contributed by atoms with Crippen LogP contribution in [0.4, 0.5) is 0 Å². The number of hydrogen-bond acceptors (Lipinski definition) is 3. The van der Waals surface area contributed by atoms with Gasteiger partial charge in [-0.1, -0.05) is 29.8 Å². The Morgan fingerprint density at radius 1 is 1.05 bits per heavy atom. The zero-order valence-electron chi connectivity index (χ0n) is 11.9. The van der Waals surface area contributed by atoms with E-state index in [9.17, 15) is 0 Å². The van der Waals surface area contributed by atoms with Crippen LogP contribution in [0.1, 0.15) is 16.8 Å². The third-order valence-electron chi connectivity index (χ3n) is 3.20. The molecular formula is C17H15ClN2S. The van der Waals surface area contributed by atoms with Crippen LogP contribution in [0.15, 0.2) is 47.5 Å². The van der Waals surface area contributed by atoms with E-state index in [1.807, 2.05) is 25.1 Å². The summed E-state index contributed by atoms with van der Waals surface area (Å²) in [4.78, 5) is 9.00. The molecule has 3 rings (SSSR count).